The Morgan fingerprint density at radius 2 is 0.855 bits per heavy atom. The van der Waals surface area contributed by atoms with Gasteiger partial charge in [-0.3, -0.25) is 0 Å². The first-order valence-electron chi connectivity index (χ1n) is 18.7. The molecule has 0 N–H and O–H groups in total. The molecular weight excluding hydrogens is 703 g/mol. The molecule has 0 saturated heterocycles. The van der Waals surface area contributed by atoms with Gasteiger partial charge in [0.25, 0.3) is 0 Å². The van der Waals surface area contributed by atoms with Crippen LogP contribution in [0.5, 0.6) is 0 Å². The molecule has 0 unspecified atom stereocenters. The summed E-state index contributed by atoms with van der Waals surface area (Å²) in [5, 5.41) is 7.71. The standard InChI is InChI=1S/C52H33NS2/c1-2-19-37-34(15-1)16-12-25-39(37)40-20-3-7-28-46(40)53(36-18-11-17-35(33-36)38-24-14-32-50-51(38)45-23-6-10-31-49(45)54-50)47-29-8-4-21-41(47)43-26-13-27-44-42-22-5-9-30-48(42)55-52(43)44/h1-33H. The van der Waals surface area contributed by atoms with Crippen molar-refractivity contribution >= 4 is 90.9 Å². The maximum absolute atomic E-state index is 2.49. The minimum absolute atomic E-state index is 1.11. The van der Waals surface area contributed by atoms with E-state index < -0.39 is 0 Å². The Balaban J connectivity index is 1.19. The van der Waals surface area contributed by atoms with Crippen molar-refractivity contribution < 1.29 is 0 Å². The summed E-state index contributed by atoms with van der Waals surface area (Å²) >= 11 is 3.75. The molecule has 0 atom stereocenters. The van der Waals surface area contributed by atoms with Gasteiger partial charge in [0, 0.05) is 62.7 Å². The van der Waals surface area contributed by atoms with Crippen LogP contribution in [0.15, 0.2) is 200 Å². The van der Waals surface area contributed by atoms with Crippen LogP contribution in [0.3, 0.4) is 0 Å². The van der Waals surface area contributed by atoms with E-state index in [4.69, 9.17) is 0 Å². The molecule has 0 radical (unpaired) electrons. The SMILES string of the molecule is c1cc(-c2cccc3sc4ccccc4c23)cc(N(c2ccccc2-c2cccc3ccccc23)c2ccccc2-c2cccc3c2sc2ccccc23)c1. The molecule has 0 fully saturated rings. The molecule has 0 amide bonds. The molecule has 0 aliphatic heterocycles. The van der Waals surface area contributed by atoms with Crippen molar-refractivity contribution in [2.45, 2.75) is 0 Å². The molecular formula is C52H33NS2. The van der Waals surface area contributed by atoms with E-state index in [9.17, 15) is 0 Å². The quantitative estimate of drug-likeness (QED) is 0.164. The minimum Gasteiger partial charge on any atom is -0.309 e. The fourth-order valence-corrected chi connectivity index (χ4v) is 10.8. The second kappa shape index (κ2) is 13.1. The van der Waals surface area contributed by atoms with Crippen LogP contribution >= 0.6 is 22.7 Å². The van der Waals surface area contributed by atoms with Gasteiger partial charge in [-0.2, -0.15) is 0 Å². The van der Waals surface area contributed by atoms with Gasteiger partial charge in [0.05, 0.1) is 11.4 Å². The first kappa shape index (κ1) is 32.0. The lowest BCUT2D eigenvalue weighted by atomic mass is 9.94. The van der Waals surface area contributed by atoms with Crippen molar-refractivity contribution in [1.82, 2.24) is 0 Å². The molecule has 1 nitrogen and oxygen atoms in total. The Labute approximate surface area is 327 Å². The fourth-order valence-electron chi connectivity index (χ4n) is 8.45. The van der Waals surface area contributed by atoms with Crippen LogP contribution in [0.25, 0.3) is 84.5 Å². The molecule has 2 heterocycles. The van der Waals surface area contributed by atoms with Gasteiger partial charge in [0.2, 0.25) is 0 Å². The lowest BCUT2D eigenvalue weighted by molar-refractivity contribution is 1.29. The highest BCUT2D eigenvalue weighted by atomic mass is 32.1. The van der Waals surface area contributed by atoms with Crippen LogP contribution in [0.1, 0.15) is 0 Å². The van der Waals surface area contributed by atoms with E-state index in [1.54, 1.807) is 0 Å². The summed E-state index contributed by atoms with van der Waals surface area (Å²) < 4.78 is 5.24. The number of benzene rings is 9. The average Bonchev–Trinajstić information content (AvgIpc) is 3.83. The van der Waals surface area contributed by atoms with E-state index in [0.29, 0.717) is 0 Å². The van der Waals surface area contributed by atoms with E-state index in [0.717, 1.165) is 17.1 Å². The van der Waals surface area contributed by atoms with E-state index >= 15 is 0 Å². The van der Waals surface area contributed by atoms with Gasteiger partial charge in [0.1, 0.15) is 0 Å². The average molecular weight is 736 g/mol. The van der Waals surface area contributed by atoms with Crippen LogP contribution in [-0.4, -0.2) is 0 Å². The number of fused-ring (bicyclic) bond motifs is 7. The van der Waals surface area contributed by atoms with Crippen molar-refractivity contribution in [3.05, 3.63) is 200 Å². The van der Waals surface area contributed by atoms with Crippen molar-refractivity contribution in [3.8, 4) is 33.4 Å². The Morgan fingerprint density at radius 3 is 1.69 bits per heavy atom. The molecule has 11 rings (SSSR count). The number of hydrogen-bond acceptors (Lipinski definition) is 3. The number of thiophene rings is 2. The topological polar surface area (TPSA) is 3.24 Å². The maximum Gasteiger partial charge on any atom is 0.0540 e. The first-order valence-corrected chi connectivity index (χ1v) is 20.3. The summed E-state index contributed by atoms with van der Waals surface area (Å²) in [6, 6.07) is 73.5. The van der Waals surface area contributed by atoms with E-state index in [1.807, 2.05) is 22.7 Å². The number of para-hydroxylation sites is 2. The van der Waals surface area contributed by atoms with Gasteiger partial charge in [-0.05, 0) is 69.9 Å². The highest BCUT2D eigenvalue weighted by Gasteiger charge is 2.23. The van der Waals surface area contributed by atoms with E-state index in [2.05, 4.69) is 205 Å². The molecule has 0 aliphatic rings. The fraction of sp³-hybridized carbons (Fsp3) is 0. The highest BCUT2D eigenvalue weighted by molar-refractivity contribution is 7.26. The Kier molecular flexibility index (Phi) is 7.61. The van der Waals surface area contributed by atoms with Gasteiger partial charge in [0.15, 0.2) is 0 Å². The first-order chi connectivity index (χ1) is 27.3. The summed E-state index contributed by atoms with van der Waals surface area (Å²) in [6.07, 6.45) is 0. The number of anilines is 3. The highest BCUT2D eigenvalue weighted by Crippen LogP contribution is 2.49. The summed E-state index contributed by atoms with van der Waals surface area (Å²) in [4.78, 5) is 2.49. The summed E-state index contributed by atoms with van der Waals surface area (Å²) in [5.41, 5.74) is 10.7. The third kappa shape index (κ3) is 5.27. The van der Waals surface area contributed by atoms with Crippen LogP contribution in [0, 0.1) is 0 Å². The molecule has 0 saturated carbocycles. The largest absolute Gasteiger partial charge is 0.309 e. The molecule has 0 aliphatic carbocycles. The van der Waals surface area contributed by atoms with E-state index in [1.165, 1.54) is 84.5 Å². The summed E-state index contributed by atoms with van der Waals surface area (Å²) in [7, 11) is 0. The summed E-state index contributed by atoms with van der Waals surface area (Å²) in [6.45, 7) is 0. The number of rotatable bonds is 6. The Bertz CT molecular complexity index is 3230. The van der Waals surface area contributed by atoms with Crippen LogP contribution in [0.2, 0.25) is 0 Å². The maximum atomic E-state index is 2.49. The van der Waals surface area contributed by atoms with Crippen molar-refractivity contribution in [1.29, 1.82) is 0 Å². The second-order valence-corrected chi connectivity index (χ2v) is 16.1. The van der Waals surface area contributed by atoms with Gasteiger partial charge in [-0.15, -0.1) is 22.7 Å². The monoisotopic (exact) mass is 735 g/mol. The van der Waals surface area contributed by atoms with Crippen molar-refractivity contribution in [3.63, 3.8) is 0 Å². The zero-order chi connectivity index (χ0) is 36.3. The van der Waals surface area contributed by atoms with Gasteiger partial charge in [-0.25, -0.2) is 0 Å². The molecule has 258 valence electrons. The lowest BCUT2D eigenvalue weighted by Gasteiger charge is -2.30. The van der Waals surface area contributed by atoms with Crippen molar-refractivity contribution in [2.24, 2.45) is 0 Å². The second-order valence-electron chi connectivity index (χ2n) is 14.0. The molecule has 55 heavy (non-hydrogen) atoms. The van der Waals surface area contributed by atoms with Crippen LogP contribution in [-0.2, 0) is 0 Å². The number of nitrogens with zero attached hydrogens (tertiary/aromatic N) is 1. The van der Waals surface area contributed by atoms with Crippen LogP contribution < -0.4 is 4.90 Å². The predicted molar refractivity (Wildman–Crippen MR) is 241 cm³/mol. The normalized spacial score (nSPS) is 11.6. The molecule has 0 bridgehead atoms. The number of hydrogen-bond donors (Lipinski definition) is 0. The van der Waals surface area contributed by atoms with E-state index in [-0.39, 0.29) is 0 Å². The molecule has 9 aromatic carbocycles. The van der Waals surface area contributed by atoms with Crippen LogP contribution in [0.4, 0.5) is 17.1 Å². The zero-order valence-electron chi connectivity index (χ0n) is 29.8. The molecule has 11 aromatic rings. The summed E-state index contributed by atoms with van der Waals surface area (Å²) in [5.74, 6) is 0. The third-order valence-electron chi connectivity index (χ3n) is 10.9. The van der Waals surface area contributed by atoms with Crippen molar-refractivity contribution in [2.75, 3.05) is 4.90 Å². The van der Waals surface area contributed by atoms with Gasteiger partial charge < -0.3 is 4.90 Å². The lowest BCUT2D eigenvalue weighted by Crippen LogP contribution is -2.12. The minimum atomic E-state index is 1.11. The Hall–Kier alpha value is -6.52. The Morgan fingerprint density at radius 1 is 0.327 bits per heavy atom. The third-order valence-corrected chi connectivity index (χ3v) is 13.2. The predicted octanol–water partition coefficient (Wildman–Crippen LogP) is 16.0. The van der Waals surface area contributed by atoms with Gasteiger partial charge >= 0.3 is 0 Å². The smallest absolute Gasteiger partial charge is 0.0540 e. The van der Waals surface area contributed by atoms with Gasteiger partial charge in [-0.1, -0.05) is 158 Å². The molecule has 2 aromatic heterocycles. The molecule has 3 heteroatoms. The zero-order valence-corrected chi connectivity index (χ0v) is 31.4. The molecule has 0 spiro atoms.